The number of aromatic nitrogens is 4. The third-order valence-electron chi connectivity index (χ3n) is 6.40. The Kier molecular flexibility index (Phi) is 7.49. The summed E-state index contributed by atoms with van der Waals surface area (Å²) in [6.45, 7) is 2.11. The van der Waals surface area contributed by atoms with E-state index in [-0.39, 0.29) is 23.9 Å². The molecule has 1 aromatic carbocycles. The van der Waals surface area contributed by atoms with Gasteiger partial charge in [-0.15, -0.1) is 0 Å². The smallest absolute Gasteiger partial charge is 0.414 e. The number of fused-ring (bicyclic) bond motifs is 1. The lowest BCUT2D eigenvalue weighted by molar-refractivity contribution is 0.0432. The van der Waals surface area contributed by atoms with Crippen molar-refractivity contribution in [2.75, 3.05) is 31.2 Å². The van der Waals surface area contributed by atoms with Gasteiger partial charge in [-0.1, -0.05) is 12.1 Å². The number of rotatable bonds is 6. The number of nitrogens with zero attached hydrogens (tertiary/aromatic N) is 5. The predicted octanol–water partition coefficient (Wildman–Crippen LogP) is 2.90. The second kappa shape index (κ2) is 11.1. The third-order valence-corrected chi connectivity index (χ3v) is 6.40. The van der Waals surface area contributed by atoms with Gasteiger partial charge in [0.1, 0.15) is 18.0 Å². The minimum absolute atomic E-state index is 0.222. The molecular formula is C24H28F2N8O4. The lowest BCUT2D eigenvalue weighted by Crippen LogP contribution is -2.39. The number of alkyl carbamates (subject to hydrolysis) is 1. The molecule has 12 nitrogen and oxygen atoms in total. The summed E-state index contributed by atoms with van der Waals surface area (Å²) in [5.74, 6) is -0.0445. The molecular weight excluding hydrogens is 502 g/mol. The Morgan fingerprint density at radius 1 is 1.11 bits per heavy atom. The minimum Gasteiger partial charge on any atom is -0.474 e. The molecule has 1 amide bonds. The highest BCUT2D eigenvalue weighted by Crippen LogP contribution is 2.31. The Labute approximate surface area is 216 Å². The predicted molar refractivity (Wildman–Crippen MR) is 133 cm³/mol. The molecule has 0 unspecified atom stereocenters. The number of alkyl halides is 2. The molecule has 1 aliphatic carbocycles. The van der Waals surface area contributed by atoms with Gasteiger partial charge in [-0.25, -0.2) is 18.6 Å². The number of anilines is 1. The summed E-state index contributed by atoms with van der Waals surface area (Å²) in [7, 11) is 0. The van der Waals surface area contributed by atoms with E-state index in [9.17, 15) is 13.6 Å². The van der Waals surface area contributed by atoms with Gasteiger partial charge in [0.2, 0.25) is 11.8 Å². The number of nitrogens with one attached hydrogen (secondary N) is 2. The first-order valence-electron chi connectivity index (χ1n) is 12.3. The number of morpholine rings is 1. The fourth-order valence-electron chi connectivity index (χ4n) is 4.64. The molecule has 4 N–H and O–H groups in total. The van der Waals surface area contributed by atoms with Crippen molar-refractivity contribution in [3.05, 3.63) is 36.2 Å². The molecule has 1 aliphatic heterocycles. The molecule has 5 rings (SSSR count). The number of para-hydroxylation sites is 2. The van der Waals surface area contributed by atoms with E-state index in [2.05, 4.69) is 20.3 Å². The first kappa shape index (κ1) is 25.6. The topological polar surface area (TPSA) is 154 Å². The Morgan fingerprint density at radius 3 is 2.53 bits per heavy atom. The van der Waals surface area contributed by atoms with Gasteiger partial charge in [0.25, 0.3) is 6.43 Å². The van der Waals surface area contributed by atoms with Crippen LogP contribution in [0, 0.1) is 5.41 Å². The Bertz CT molecular complexity index is 1310. The maximum atomic E-state index is 14.0. The van der Waals surface area contributed by atoms with Crippen LogP contribution in [-0.4, -0.2) is 70.1 Å². The van der Waals surface area contributed by atoms with E-state index < -0.39 is 24.3 Å². The summed E-state index contributed by atoms with van der Waals surface area (Å²) >= 11 is 0. The van der Waals surface area contributed by atoms with Gasteiger partial charge in [0, 0.05) is 19.2 Å². The van der Waals surface area contributed by atoms with Gasteiger partial charge in [0.15, 0.2) is 11.8 Å². The van der Waals surface area contributed by atoms with Crippen LogP contribution in [0.25, 0.3) is 16.9 Å². The summed E-state index contributed by atoms with van der Waals surface area (Å²) in [4.78, 5) is 27.0. The first-order valence-corrected chi connectivity index (χ1v) is 12.3. The fourth-order valence-corrected chi connectivity index (χ4v) is 4.64. The van der Waals surface area contributed by atoms with Crippen molar-refractivity contribution < 1.29 is 27.8 Å². The molecule has 14 heteroatoms. The van der Waals surface area contributed by atoms with E-state index in [1.807, 2.05) is 4.90 Å². The number of hydrogen-bond donors (Lipinski definition) is 3. The van der Waals surface area contributed by atoms with Crippen LogP contribution in [0.4, 0.5) is 19.5 Å². The average molecular weight is 531 g/mol. The highest BCUT2D eigenvalue weighted by Gasteiger charge is 2.28. The largest absolute Gasteiger partial charge is 0.474 e. The normalized spacial score (nSPS) is 19.9. The second-order valence-corrected chi connectivity index (χ2v) is 9.02. The van der Waals surface area contributed by atoms with Gasteiger partial charge < -0.3 is 24.8 Å². The van der Waals surface area contributed by atoms with Crippen molar-refractivity contribution in [2.45, 2.75) is 44.3 Å². The van der Waals surface area contributed by atoms with E-state index in [1.54, 1.807) is 30.3 Å². The molecule has 38 heavy (non-hydrogen) atoms. The summed E-state index contributed by atoms with van der Waals surface area (Å²) in [6, 6.07) is 8.44. The zero-order valence-electron chi connectivity index (χ0n) is 20.5. The lowest BCUT2D eigenvalue weighted by Gasteiger charge is -2.30. The van der Waals surface area contributed by atoms with E-state index >= 15 is 0 Å². The van der Waals surface area contributed by atoms with Crippen molar-refractivity contribution in [2.24, 2.45) is 5.73 Å². The van der Waals surface area contributed by atoms with Crippen LogP contribution in [-0.2, 0) is 9.47 Å². The second-order valence-electron chi connectivity index (χ2n) is 9.02. The number of carbonyl (C=O) groups excluding carboxylic acids is 1. The van der Waals surface area contributed by atoms with Crippen molar-refractivity contribution >= 4 is 29.0 Å². The number of carbonyl (C=O) groups is 1. The highest BCUT2D eigenvalue weighted by molar-refractivity contribution is 5.91. The van der Waals surface area contributed by atoms with Crippen molar-refractivity contribution in [1.29, 1.82) is 5.41 Å². The molecule has 1 saturated heterocycles. The number of amides is 1. The number of nitrogens with two attached hydrogens (primary N) is 1. The average Bonchev–Trinajstić information content (AvgIpc) is 3.30. The zero-order valence-corrected chi connectivity index (χ0v) is 20.5. The molecule has 2 aliphatic rings. The molecule has 0 radical (unpaired) electrons. The number of ether oxygens (including phenoxy) is 3. The maximum absolute atomic E-state index is 14.0. The van der Waals surface area contributed by atoms with Gasteiger partial charge in [-0.2, -0.15) is 9.97 Å². The lowest BCUT2D eigenvalue weighted by atomic mass is 9.95. The molecule has 202 valence electrons. The maximum Gasteiger partial charge on any atom is 0.414 e. The van der Waals surface area contributed by atoms with E-state index in [0.29, 0.717) is 69.0 Å². The van der Waals surface area contributed by atoms with E-state index in [4.69, 9.17) is 25.4 Å². The number of benzene rings is 1. The summed E-state index contributed by atoms with van der Waals surface area (Å²) in [5.41, 5.74) is 6.09. The van der Waals surface area contributed by atoms with Crippen LogP contribution in [0.3, 0.4) is 0 Å². The van der Waals surface area contributed by atoms with Crippen LogP contribution in [0.5, 0.6) is 5.88 Å². The van der Waals surface area contributed by atoms with E-state index in [0.717, 1.165) is 0 Å². The Hall–Kier alpha value is -4.07. The van der Waals surface area contributed by atoms with Crippen LogP contribution in [0.1, 0.15) is 37.9 Å². The summed E-state index contributed by atoms with van der Waals surface area (Å²) in [6.07, 6.45) is -1.87. The number of guanidine groups is 1. The third kappa shape index (κ3) is 5.74. The van der Waals surface area contributed by atoms with E-state index in [1.165, 1.54) is 4.57 Å². The van der Waals surface area contributed by atoms with Gasteiger partial charge in [0.05, 0.1) is 24.2 Å². The van der Waals surface area contributed by atoms with Crippen LogP contribution in [0.2, 0.25) is 0 Å². The van der Waals surface area contributed by atoms with Crippen LogP contribution < -0.4 is 20.7 Å². The van der Waals surface area contributed by atoms with Gasteiger partial charge >= 0.3 is 6.09 Å². The molecule has 3 aromatic rings. The minimum atomic E-state index is -2.82. The number of imidazole rings is 1. The number of hydrogen-bond acceptors (Lipinski definition) is 9. The van der Waals surface area contributed by atoms with Crippen molar-refractivity contribution in [1.82, 2.24) is 24.8 Å². The van der Waals surface area contributed by atoms with Crippen LogP contribution in [0.15, 0.2) is 30.3 Å². The Balaban J connectivity index is 1.41. The van der Waals surface area contributed by atoms with Gasteiger partial charge in [-0.3, -0.25) is 15.3 Å². The standard InChI is InChI=1S/C24H28F2N8O4/c25-20(26)21-29-16-3-1-2-4-17(16)34(21)18-13-19(31-23(30-18)33-9-11-36-12-10-33)37-14-5-7-15(8-6-14)38-24(35)32-22(27)28/h1-4,13-15,20H,5-12H2,(H4,27,28,32,35)/t14-,15-. The quantitative estimate of drug-likeness (QED) is 0.322. The summed E-state index contributed by atoms with van der Waals surface area (Å²) in [5, 5.41) is 9.22. The molecule has 3 heterocycles. The fraction of sp³-hybridized carbons (Fsp3) is 0.458. The number of halogens is 2. The zero-order chi connectivity index (χ0) is 26.6. The molecule has 0 bridgehead atoms. The molecule has 2 aromatic heterocycles. The molecule has 0 spiro atoms. The molecule has 2 fully saturated rings. The monoisotopic (exact) mass is 530 g/mol. The van der Waals surface area contributed by atoms with Crippen molar-refractivity contribution in [3.8, 4) is 11.7 Å². The Morgan fingerprint density at radius 2 is 1.82 bits per heavy atom. The van der Waals surface area contributed by atoms with Crippen LogP contribution >= 0.6 is 0 Å². The summed E-state index contributed by atoms with van der Waals surface area (Å²) < 4.78 is 46.4. The first-order chi connectivity index (χ1) is 18.4. The highest BCUT2D eigenvalue weighted by atomic mass is 19.3. The van der Waals surface area contributed by atoms with Gasteiger partial charge in [-0.05, 0) is 37.8 Å². The SMILES string of the molecule is N=C(N)NC(=O)O[C@H]1CC[C@H](Oc2cc(-n3c(C(F)F)nc4ccccc43)nc(N3CCOCC3)n2)CC1. The molecule has 1 saturated carbocycles. The van der Waals surface area contributed by atoms with Crippen molar-refractivity contribution in [3.63, 3.8) is 0 Å². The molecule has 0 atom stereocenters.